The van der Waals surface area contributed by atoms with E-state index in [1.54, 1.807) is 0 Å². The molecule has 1 aliphatic heterocycles. The van der Waals surface area contributed by atoms with Crippen LogP contribution in [0, 0.1) is 0 Å². The Morgan fingerprint density at radius 1 is 1.43 bits per heavy atom. The number of hydrogen-bond acceptors (Lipinski definition) is 5. The van der Waals surface area contributed by atoms with Gasteiger partial charge in [-0.05, 0) is 25.7 Å². The van der Waals surface area contributed by atoms with Crippen LogP contribution in [-0.2, 0) is 22.4 Å². The van der Waals surface area contributed by atoms with Crippen molar-refractivity contribution in [2.24, 2.45) is 0 Å². The van der Waals surface area contributed by atoms with E-state index >= 15 is 0 Å². The number of nitrogens with zero attached hydrogens (tertiary/aromatic N) is 3. The van der Waals surface area contributed by atoms with Crippen LogP contribution in [0.25, 0.3) is 0 Å². The molecule has 1 aliphatic rings. The fraction of sp³-hybridized carbons (Fsp3) is 0.714. The zero-order valence-corrected chi connectivity index (χ0v) is 12.2. The summed E-state index contributed by atoms with van der Waals surface area (Å²) in [5.41, 5.74) is 0. The summed E-state index contributed by atoms with van der Waals surface area (Å²) in [5, 5.41) is 12.9. The first-order chi connectivity index (χ1) is 10.1. The highest BCUT2D eigenvalue weighted by Crippen LogP contribution is 2.19. The van der Waals surface area contributed by atoms with Crippen molar-refractivity contribution in [1.82, 2.24) is 15.0 Å². The predicted molar refractivity (Wildman–Crippen MR) is 73.6 cm³/mol. The zero-order chi connectivity index (χ0) is 15.2. The van der Waals surface area contributed by atoms with E-state index in [1.807, 2.05) is 6.92 Å². The highest BCUT2D eigenvalue weighted by molar-refractivity contribution is 5.84. The number of carbonyl (C=O) groups excluding carboxylic acids is 1. The molecule has 0 aromatic carbocycles. The summed E-state index contributed by atoms with van der Waals surface area (Å²) < 4.78 is 5.10. The number of likely N-dealkylation sites (tertiary alicyclic amines) is 1. The second-order valence-electron chi connectivity index (χ2n) is 5.29. The molecule has 1 aromatic heterocycles. The minimum atomic E-state index is -0.915. The van der Waals surface area contributed by atoms with Crippen LogP contribution in [0.2, 0.25) is 0 Å². The lowest BCUT2D eigenvalue weighted by molar-refractivity contribution is -0.148. The molecule has 0 aliphatic carbocycles. The summed E-state index contributed by atoms with van der Waals surface area (Å²) in [6.45, 7) is 2.58. The molecule has 2 rings (SSSR count). The SMILES string of the molecule is CCCc1noc(CCCC(=O)N2CCCC2C(=O)O)n1. The molecule has 0 radical (unpaired) electrons. The number of amides is 1. The van der Waals surface area contributed by atoms with Crippen molar-refractivity contribution in [1.29, 1.82) is 0 Å². The number of rotatable bonds is 7. The van der Waals surface area contributed by atoms with Gasteiger partial charge in [0.2, 0.25) is 11.8 Å². The first-order valence-electron chi connectivity index (χ1n) is 7.45. The highest BCUT2D eigenvalue weighted by Gasteiger charge is 2.33. The van der Waals surface area contributed by atoms with Gasteiger partial charge in [0.25, 0.3) is 0 Å². The van der Waals surface area contributed by atoms with Crippen molar-refractivity contribution < 1.29 is 19.2 Å². The number of hydrogen-bond donors (Lipinski definition) is 1. The van der Waals surface area contributed by atoms with Crippen LogP contribution in [0.1, 0.15) is 50.7 Å². The summed E-state index contributed by atoms with van der Waals surface area (Å²) >= 11 is 0. The third kappa shape index (κ3) is 4.03. The normalized spacial score (nSPS) is 18.1. The van der Waals surface area contributed by atoms with E-state index in [9.17, 15) is 9.59 Å². The van der Waals surface area contributed by atoms with Gasteiger partial charge in [0.05, 0.1) is 0 Å². The van der Waals surface area contributed by atoms with Gasteiger partial charge in [0.1, 0.15) is 6.04 Å². The Labute approximate surface area is 123 Å². The molecule has 116 valence electrons. The van der Waals surface area contributed by atoms with Crippen LogP contribution >= 0.6 is 0 Å². The van der Waals surface area contributed by atoms with Crippen molar-refractivity contribution in [2.75, 3.05) is 6.54 Å². The van der Waals surface area contributed by atoms with E-state index in [0.29, 0.717) is 43.9 Å². The van der Waals surface area contributed by atoms with E-state index in [4.69, 9.17) is 9.63 Å². The highest BCUT2D eigenvalue weighted by atomic mass is 16.5. The Morgan fingerprint density at radius 3 is 2.95 bits per heavy atom. The standard InChI is InChI=1S/C14H21N3O4/c1-2-5-11-15-12(21-16-11)7-3-8-13(18)17-9-4-6-10(17)14(19)20/h10H,2-9H2,1H3,(H,19,20). The minimum absolute atomic E-state index is 0.104. The number of aromatic nitrogens is 2. The average molecular weight is 295 g/mol. The molecule has 7 nitrogen and oxygen atoms in total. The Bertz CT molecular complexity index is 500. The van der Waals surface area contributed by atoms with Crippen LogP contribution < -0.4 is 0 Å². The third-order valence-corrected chi connectivity index (χ3v) is 3.62. The van der Waals surface area contributed by atoms with E-state index < -0.39 is 12.0 Å². The molecule has 1 unspecified atom stereocenters. The fourth-order valence-electron chi connectivity index (χ4n) is 2.57. The fourth-order valence-corrected chi connectivity index (χ4v) is 2.57. The molecule has 0 bridgehead atoms. The minimum Gasteiger partial charge on any atom is -0.480 e. The predicted octanol–water partition coefficient (Wildman–Crippen LogP) is 1.42. The molecule has 1 fully saturated rings. The Kier molecular flexibility index (Phi) is 5.30. The summed E-state index contributed by atoms with van der Waals surface area (Å²) in [5.74, 6) is 0.224. The van der Waals surface area contributed by atoms with Crippen molar-refractivity contribution in [2.45, 2.75) is 57.9 Å². The third-order valence-electron chi connectivity index (χ3n) is 3.62. The van der Waals surface area contributed by atoms with Crippen molar-refractivity contribution in [3.8, 4) is 0 Å². The molecule has 1 atom stereocenters. The maximum absolute atomic E-state index is 12.1. The monoisotopic (exact) mass is 295 g/mol. The smallest absolute Gasteiger partial charge is 0.326 e. The Balaban J connectivity index is 1.77. The largest absolute Gasteiger partial charge is 0.480 e. The van der Waals surface area contributed by atoms with E-state index in [0.717, 1.165) is 19.3 Å². The molecule has 1 N–H and O–H groups in total. The van der Waals surface area contributed by atoms with Gasteiger partial charge < -0.3 is 14.5 Å². The molecular formula is C14H21N3O4. The van der Waals surface area contributed by atoms with Gasteiger partial charge in [0.15, 0.2) is 5.82 Å². The summed E-state index contributed by atoms with van der Waals surface area (Å²) in [6.07, 6.45) is 4.51. The van der Waals surface area contributed by atoms with Crippen LogP contribution in [0.3, 0.4) is 0 Å². The average Bonchev–Trinajstić information content (AvgIpc) is 3.08. The number of carbonyl (C=O) groups is 2. The van der Waals surface area contributed by atoms with Crippen molar-refractivity contribution in [3.63, 3.8) is 0 Å². The van der Waals surface area contributed by atoms with Gasteiger partial charge in [0, 0.05) is 25.8 Å². The van der Waals surface area contributed by atoms with E-state index in [1.165, 1.54) is 4.90 Å². The second-order valence-corrected chi connectivity index (χ2v) is 5.29. The lowest BCUT2D eigenvalue weighted by Crippen LogP contribution is -2.40. The van der Waals surface area contributed by atoms with Gasteiger partial charge in [-0.3, -0.25) is 4.79 Å². The van der Waals surface area contributed by atoms with Crippen molar-refractivity contribution >= 4 is 11.9 Å². The molecule has 21 heavy (non-hydrogen) atoms. The van der Waals surface area contributed by atoms with Gasteiger partial charge in [-0.15, -0.1) is 0 Å². The molecule has 0 saturated carbocycles. The molecule has 2 heterocycles. The number of carboxylic acid groups (broad SMARTS) is 1. The molecule has 1 saturated heterocycles. The number of aryl methyl sites for hydroxylation is 2. The van der Waals surface area contributed by atoms with E-state index in [-0.39, 0.29) is 5.91 Å². The second kappa shape index (κ2) is 7.19. The molecular weight excluding hydrogens is 274 g/mol. The van der Waals surface area contributed by atoms with Gasteiger partial charge >= 0.3 is 5.97 Å². The molecule has 1 aromatic rings. The Morgan fingerprint density at radius 2 is 2.24 bits per heavy atom. The maximum Gasteiger partial charge on any atom is 0.326 e. The van der Waals surface area contributed by atoms with E-state index in [2.05, 4.69) is 10.1 Å². The lowest BCUT2D eigenvalue weighted by Gasteiger charge is -2.21. The van der Waals surface area contributed by atoms with Gasteiger partial charge in [-0.25, -0.2) is 4.79 Å². The van der Waals surface area contributed by atoms with Crippen LogP contribution in [-0.4, -0.2) is 44.6 Å². The maximum atomic E-state index is 12.1. The summed E-state index contributed by atoms with van der Waals surface area (Å²) in [7, 11) is 0. The first-order valence-corrected chi connectivity index (χ1v) is 7.45. The number of aliphatic carboxylic acids is 1. The summed E-state index contributed by atoms with van der Waals surface area (Å²) in [6, 6.07) is -0.655. The molecule has 1 amide bonds. The topological polar surface area (TPSA) is 96.5 Å². The van der Waals surface area contributed by atoms with Gasteiger partial charge in [-0.1, -0.05) is 12.1 Å². The van der Waals surface area contributed by atoms with Crippen LogP contribution in [0.5, 0.6) is 0 Å². The molecule has 0 spiro atoms. The van der Waals surface area contributed by atoms with Crippen molar-refractivity contribution in [3.05, 3.63) is 11.7 Å². The molecule has 7 heteroatoms. The first kappa shape index (κ1) is 15.5. The van der Waals surface area contributed by atoms with Gasteiger partial charge in [-0.2, -0.15) is 4.98 Å². The Hall–Kier alpha value is -1.92. The van der Waals surface area contributed by atoms with Crippen LogP contribution in [0.4, 0.5) is 0 Å². The lowest BCUT2D eigenvalue weighted by atomic mass is 10.2. The quantitative estimate of drug-likeness (QED) is 0.817. The summed E-state index contributed by atoms with van der Waals surface area (Å²) in [4.78, 5) is 28.8. The zero-order valence-electron chi connectivity index (χ0n) is 12.2. The number of carboxylic acids is 1. The van der Waals surface area contributed by atoms with Crippen LogP contribution in [0.15, 0.2) is 4.52 Å².